The number of fused-ring (bicyclic) bond motifs is 2. The van der Waals surface area contributed by atoms with E-state index in [1.54, 1.807) is 11.1 Å². The topological polar surface area (TPSA) is 3.24 Å². The van der Waals surface area contributed by atoms with Crippen molar-refractivity contribution in [2.75, 3.05) is 13.6 Å². The fourth-order valence-corrected chi connectivity index (χ4v) is 4.67. The Hall–Kier alpha value is -2.38. The van der Waals surface area contributed by atoms with Crippen LogP contribution in [0, 0.1) is 0 Å². The Morgan fingerprint density at radius 3 is 2.56 bits per heavy atom. The van der Waals surface area contributed by atoms with E-state index in [1.165, 1.54) is 34.2 Å². The molecule has 0 fully saturated rings. The highest BCUT2D eigenvalue weighted by Crippen LogP contribution is 2.46. The first-order chi connectivity index (χ1) is 12.3. The van der Waals surface area contributed by atoms with Crippen LogP contribution in [-0.4, -0.2) is 18.5 Å². The van der Waals surface area contributed by atoms with Crippen LogP contribution in [0.15, 0.2) is 66.7 Å². The molecule has 25 heavy (non-hydrogen) atoms. The van der Waals surface area contributed by atoms with Crippen molar-refractivity contribution in [3.8, 4) is 11.1 Å². The van der Waals surface area contributed by atoms with Crippen LogP contribution >= 0.6 is 0 Å². The van der Waals surface area contributed by atoms with Crippen molar-refractivity contribution >= 4 is 0 Å². The van der Waals surface area contributed by atoms with E-state index in [9.17, 15) is 0 Å². The fraction of sp³-hybridized carbons (Fsp3) is 0.250. The average Bonchev–Trinajstić information content (AvgIpc) is 2.66. The highest BCUT2D eigenvalue weighted by Gasteiger charge is 2.33. The number of rotatable bonds is 2. The minimum atomic E-state index is 0.532. The van der Waals surface area contributed by atoms with Crippen molar-refractivity contribution in [3.63, 3.8) is 0 Å². The van der Waals surface area contributed by atoms with Crippen molar-refractivity contribution in [3.05, 3.63) is 94.5 Å². The Balaban J connectivity index is 1.73. The molecule has 3 aromatic rings. The van der Waals surface area contributed by atoms with Crippen molar-refractivity contribution in [1.29, 1.82) is 0 Å². The largest absolute Gasteiger partial charge is 0.299 e. The molecule has 1 atom stereocenters. The molecule has 0 bridgehead atoms. The van der Waals surface area contributed by atoms with Crippen LogP contribution in [0.1, 0.15) is 33.9 Å². The summed E-state index contributed by atoms with van der Waals surface area (Å²) in [5, 5.41) is 0. The third kappa shape index (κ3) is 2.42. The van der Waals surface area contributed by atoms with Crippen LogP contribution in [0.25, 0.3) is 11.1 Å². The van der Waals surface area contributed by atoms with Crippen LogP contribution in [0.5, 0.6) is 0 Å². The first kappa shape index (κ1) is 14.9. The Morgan fingerprint density at radius 1 is 0.880 bits per heavy atom. The molecule has 0 N–H and O–H groups in total. The zero-order chi connectivity index (χ0) is 16.8. The van der Waals surface area contributed by atoms with Crippen LogP contribution in [0.3, 0.4) is 0 Å². The van der Waals surface area contributed by atoms with Gasteiger partial charge in [0.05, 0.1) is 0 Å². The van der Waals surface area contributed by atoms with E-state index in [0.717, 1.165) is 19.4 Å². The molecule has 3 aromatic carbocycles. The van der Waals surface area contributed by atoms with Gasteiger partial charge in [-0.1, -0.05) is 66.7 Å². The van der Waals surface area contributed by atoms with Gasteiger partial charge in [-0.2, -0.15) is 0 Å². The smallest absolute Gasteiger partial charge is 0.0394 e. The van der Waals surface area contributed by atoms with E-state index in [2.05, 4.69) is 78.7 Å². The maximum Gasteiger partial charge on any atom is 0.0394 e. The van der Waals surface area contributed by atoms with Gasteiger partial charge in [-0.25, -0.2) is 0 Å². The fourth-order valence-electron chi connectivity index (χ4n) is 4.67. The maximum atomic E-state index is 2.55. The first-order valence-electron chi connectivity index (χ1n) is 9.28. The third-order valence-corrected chi connectivity index (χ3v) is 5.96. The Morgan fingerprint density at radius 2 is 1.68 bits per heavy atom. The Bertz CT molecular complexity index is 926. The lowest BCUT2D eigenvalue weighted by molar-refractivity contribution is 0.228. The molecule has 0 spiro atoms. The number of benzene rings is 3. The van der Waals surface area contributed by atoms with Crippen LogP contribution in [0.4, 0.5) is 0 Å². The zero-order valence-corrected chi connectivity index (χ0v) is 14.7. The molecule has 0 radical (unpaired) electrons. The van der Waals surface area contributed by atoms with Crippen molar-refractivity contribution in [2.45, 2.75) is 25.3 Å². The molecule has 124 valence electrons. The normalized spacial score (nSPS) is 18.5. The predicted octanol–water partition coefficient (Wildman–Crippen LogP) is 5.03. The minimum Gasteiger partial charge on any atom is -0.299 e. The molecule has 1 heterocycles. The van der Waals surface area contributed by atoms with Crippen LogP contribution < -0.4 is 0 Å². The van der Waals surface area contributed by atoms with Crippen molar-refractivity contribution < 1.29 is 0 Å². The second kappa shape index (κ2) is 5.86. The summed E-state index contributed by atoms with van der Waals surface area (Å²) >= 11 is 0. The maximum absolute atomic E-state index is 2.55. The highest BCUT2D eigenvalue weighted by molar-refractivity contribution is 5.79. The molecule has 1 aliphatic heterocycles. The highest BCUT2D eigenvalue weighted by atomic mass is 15.1. The van der Waals surface area contributed by atoms with Gasteiger partial charge in [-0.05, 0) is 65.3 Å². The standard InChI is InChI=1S/C24H23N/c1-25-14-13-18-11-12-20(15-17-7-3-2-4-8-17)23-21-10-6-5-9-19(21)16-22(25)24(18)23/h2-12,22H,13-16H2,1H3. The molecule has 1 unspecified atom stereocenters. The monoisotopic (exact) mass is 325 g/mol. The third-order valence-electron chi connectivity index (χ3n) is 5.96. The van der Waals surface area contributed by atoms with E-state index in [0.29, 0.717) is 6.04 Å². The zero-order valence-electron chi connectivity index (χ0n) is 14.7. The van der Waals surface area contributed by atoms with Crippen LogP contribution in [0.2, 0.25) is 0 Å². The number of likely N-dealkylation sites (N-methyl/N-ethyl adjacent to an activating group) is 1. The van der Waals surface area contributed by atoms with Gasteiger partial charge >= 0.3 is 0 Å². The number of hydrogen-bond acceptors (Lipinski definition) is 1. The summed E-state index contributed by atoms with van der Waals surface area (Å²) < 4.78 is 0. The van der Waals surface area contributed by atoms with Crippen LogP contribution in [-0.2, 0) is 19.3 Å². The Labute approximate surface area is 149 Å². The molecular formula is C24H23N. The summed E-state index contributed by atoms with van der Waals surface area (Å²) in [7, 11) is 2.29. The molecule has 0 amide bonds. The van der Waals surface area contributed by atoms with Gasteiger partial charge in [-0.3, -0.25) is 4.90 Å². The quantitative estimate of drug-likeness (QED) is 0.639. The second-order valence-electron chi connectivity index (χ2n) is 7.44. The lowest BCUT2D eigenvalue weighted by Crippen LogP contribution is -2.35. The van der Waals surface area contributed by atoms with E-state index in [1.807, 2.05) is 0 Å². The summed E-state index contributed by atoms with van der Waals surface area (Å²) in [6.45, 7) is 1.16. The molecule has 0 saturated carbocycles. The molecule has 0 aromatic heterocycles. The molecule has 1 aliphatic carbocycles. The lowest BCUT2D eigenvalue weighted by Gasteiger charge is -2.40. The van der Waals surface area contributed by atoms with Crippen molar-refractivity contribution in [2.24, 2.45) is 0 Å². The SMILES string of the molecule is CN1CCc2ccc(Cc3ccccc3)c3c2C1Cc1ccccc1-3. The van der Waals surface area contributed by atoms with Gasteiger partial charge in [0.2, 0.25) is 0 Å². The average molecular weight is 325 g/mol. The molecule has 1 nitrogen and oxygen atoms in total. The van der Waals surface area contributed by atoms with Gasteiger partial charge in [0, 0.05) is 12.6 Å². The summed E-state index contributed by atoms with van der Waals surface area (Å²) in [5.41, 5.74) is 10.5. The van der Waals surface area contributed by atoms with Gasteiger partial charge in [0.15, 0.2) is 0 Å². The molecule has 0 saturated heterocycles. The van der Waals surface area contributed by atoms with Gasteiger partial charge in [0.25, 0.3) is 0 Å². The summed E-state index contributed by atoms with van der Waals surface area (Å²) in [6, 6.07) is 25.2. The van der Waals surface area contributed by atoms with Crippen molar-refractivity contribution in [1.82, 2.24) is 4.90 Å². The second-order valence-corrected chi connectivity index (χ2v) is 7.44. The van der Waals surface area contributed by atoms with Gasteiger partial charge in [-0.15, -0.1) is 0 Å². The summed E-state index contributed by atoms with van der Waals surface area (Å²) in [4.78, 5) is 2.55. The van der Waals surface area contributed by atoms with E-state index in [-0.39, 0.29) is 0 Å². The molecule has 2 aliphatic rings. The first-order valence-corrected chi connectivity index (χ1v) is 9.28. The number of hydrogen-bond donors (Lipinski definition) is 0. The molecule has 5 rings (SSSR count). The summed E-state index contributed by atoms with van der Waals surface area (Å²) in [6.07, 6.45) is 3.32. The van der Waals surface area contributed by atoms with E-state index in [4.69, 9.17) is 0 Å². The Kier molecular flexibility index (Phi) is 3.50. The van der Waals surface area contributed by atoms with Gasteiger partial charge in [0.1, 0.15) is 0 Å². The van der Waals surface area contributed by atoms with E-state index >= 15 is 0 Å². The predicted molar refractivity (Wildman–Crippen MR) is 104 cm³/mol. The minimum absolute atomic E-state index is 0.532. The molecule has 1 heteroatoms. The van der Waals surface area contributed by atoms with Gasteiger partial charge < -0.3 is 0 Å². The number of nitrogens with zero attached hydrogens (tertiary/aromatic N) is 1. The lowest BCUT2D eigenvalue weighted by atomic mass is 9.75. The van der Waals surface area contributed by atoms with E-state index < -0.39 is 0 Å². The summed E-state index contributed by atoms with van der Waals surface area (Å²) in [5.74, 6) is 0. The molecular weight excluding hydrogens is 302 g/mol.